The minimum atomic E-state index is -0.00796. The Morgan fingerprint density at radius 1 is 1.19 bits per heavy atom. The van der Waals surface area contributed by atoms with Gasteiger partial charge < -0.3 is 20.7 Å². The summed E-state index contributed by atoms with van der Waals surface area (Å²) in [5.74, 6) is 0.913. The molecule has 1 aliphatic heterocycles. The molecule has 3 N–H and O–H groups in total. The van der Waals surface area contributed by atoms with Crippen LogP contribution in [0.5, 0.6) is 0 Å². The van der Waals surface area contributed by atoms with Crippen molar-refractivity contribution in [1.82, 2.24) is 20.9 Å². The van der Waals surface area contributed by atoms with Crippen LogP contribution in [0.3, 0.4) is 0 Å². The van der Waals surface area contributed by atoms with Gasteiger partial charge >= 0.3 is 0 Å². The number of ether oxygens (including phenoxy) is 1. The first-order valence-electron chi connectivity index (χ1n) is 10.2. The lowest BCUT2D eigenvalue weighted by molar-refractivity contribution is -0.121. The molecule has 7 nitrogen and oxygen atoms in total. The second-order valence-corrected chi connectivity index (χ2v) is 7.83. The normalized spacial score (nSPS) is 20.2. The molecule has 7 heteroatoms. The number of nitrogens with zero attached hydrogens (tertiary/aromatic N) is 2. The van der Waals surface area contributed by atoms with Crippen molar-refractivity contribution >= 4 is 11.9 Å². The fourth-order valence-corrected chi connectivity index (χ4v) is 3.55. The van der Waals surface area contributed by atoms with E-state index in [1.807, 2.05) is 0 Å². The minimum absolute atomic E-state index is 0.00796. The number of aliphatic imine (C=N–C) groups is 1. The lowest BCUT2D eigenvalue weighted by Gasteiger charge is -2.39. The highest BCUT2D eigenvalue weighted by molar-refractivity contribution is 5.81. The quantitative estimate of drug-likeness (QED) is 0.442. The smallest absolute Gasteiger partial charge is 0.221 e. The zero-order chi connectivity index (χ0) is 18.8. The molecule has 1 amide bonds. The number of nitrogens with one attached hydrogen (secondary N) is 3. The maximum atomic E-state index is 12.0. The molecule has 0 spiro atoms. The van der Waals surface area contributed by atoms with Crippen molar-refractivity contribution in [2.24, 2.45) is 4.99 Å². The Bertz CT molecular complexity index is 455. The molecule has 2 fully saturated rings. The first-order valence-corrected chi connectivity index (χ1v) is 10.2. The summed E-state index contributed by atoms with van der Waals surface area (Å²) in [6.07, 6.45) is 5.20. The molecule has 0 aromatic rings. The van der Waals surface area contributed by atoms with Gasteiger partial charge in [-0.1, -0.05) is 12.8 Å². The third kappa shape index (κ3) is 7.11. The van der Waals surface area contributed by atoms with Crippen LogP contribution in [0, 0.1) is 0 Å². The molecule has 0 unspecified atom stereocenters. The molecule has 1 saturated carbocycles. The van der Waals surface area contributed by atoms with Crippen LogP contribution in [-0.4, -0.2) is 74.3 Å². The fourth-order valence-electron chi connectivity index (χ4n) is 3.55. The van der Waals surface area contributed by atoms with Gasteiger partial charge in [-0.3, -0.25) is 14.7 Å². The van der Waals surface area contributed by atoms with E-state index in [9.17, 15) is 4.79 Å². The van der Waals surface area contributed by atoms with Crippen molar-refractivity contribution in [2.75, 3.05) is 45.9 Å². The average Bonchev–Trinajstić information content (AvgIpc) is 3.13. The summed E-state index contributed by atoms with van der Waals surface area (Å²) in [7, 11) is 0. The molecule has 0 atom stereocenters. The van der Waals surface area contributed by atoms with Crippen molar-refractivity contribution in [1.29, 1.82) is 0 Å². The number of hydrogen-bond acceptors (Lipinski definition) is 4. The van der Waals surface area contributed by atoms with E-state index >= 15 is 0 Å². The zero-order valence-corrected chi connectivity index (χ0v) is 16.8. The zero-order valence-electron chi connectivity index (χ0n) is 16.8. The van der Waals surface area contributed by atoms with Crippen molar-refractivity contribution in [2.45, 2.75) is 64.5 Å². The summed E-state index contributed by atoms with van der Waals surface area (Å²) in [6, 6.07) is 0.388. The predicted octanol–water partition coefficient (Wildman–Crippen LogP) is 1.10. The summed E-state index contributed by atoms with van der Waals surface area (Å²) < 4.78 is 5.44. The van der Waals surface area contributed by atoms with Crippen molar-refractivity contribution in [3.63, 3.8) is 0 Å². The largest absolute Gasteiger partial charge is 0.379 e. The molecular formula is C19H37N5O2. The van der Waals surface area contributed by atoms with Crippen LogP contribution in [0.4, 0.5) is 0 Å². The fraction of sp³-hybridized carbons (Fsp3) is 0.895. The number of guanidine groups is 1. The molecule has 2 rings (SSSR count). The first-order chi connectivity index (χ1) is 12.5. The Morgan fingerprint density at radius 3 is 2.54 bits per heavy atom. The number of carbonyl (C=O) groups excluding carboxylic acids is 1. The molecule has 0 bridgehead atoms. The summed E-state index contributed by atoms with van der Waals surface area (Å²) >= 11 is 0. The van der Waals surface area contributed by atoms with E-state index in [0.717, 1.165) is 51.6 Å². The van der Waals surface area contributed by atoms with E-state index < -0.39 is 0 Å². The summed E-state index contributed by atoms with van der Waals surface area (Å²) in [5, 5.41) is 9.68. The van der Waals surface area contributed by atoms with Gasteiger partial charge in [0.2, 0.25) is 5.91 Å². The minimum Gasteiger partial charge on any atom is -0.379 e. The highest BCUT2D eigenvalue weighted by Gasteiger charge is 2.28. The maximum absolute atomic E-state index is 12.0. The highest BCUT2D eigenvalue weighted by atomic mass is 16.5. The number of rotatable bonds is 8. The summed E-state index contributed by atoms with van der Waals surface area (Å²) in [6.45, 7) is 12.1. The number of amides is 1. The van der Waals surface area contributed by atoms with Crippen molar-refractivity contribution < 1.29 is 9.53 Å². The molecule has 2 aliphatic rings. The van der Waals surface area contributed by atoms with Gasteiger partial charge in [-0.25, -0.2) is 0 Å². The SMILES string of the molecule is CCNC(=NCC(C)(C)N1CCOCC1)NCCC(=O)NC1CCCC1. The van der Waals surface area contributed by atoms with Crippen LogP contribution in [0.2, 0.25) is 0 Å². The van der Waals surface area contributed by atoms with Gasteiger partial charge in [0.1, 0.15) is 0 Å². The molecule has 1 aliphatic carbocycles. The molecule has 0 aromatic carbocycles. The van der Waals surface area contributed by atoms with Gasteiger partial charge in [0.25, 0.3) is 0 Å². The standard InChI is InChI=1S/C19H37N5O2/c1-4-20-18(21-10-9-17(25)23-16-7-5-6-8-16)22-15-19(2,3)24-11-13-26-14-12-24/h16H,4-15H2,1-3H3,(H,23,25)(H2,20,21,22). The number of hydrogen-bond donors (Lipinski definition) is 3. The Labute approximate surface area is 158 Å². The second kappa shape index (κ2) is 10.7. The molecule has 0 radical (unpaired) electrons. The first kappa shape index (κ1) is 21.0. The van der Waals surface area contributed by atoms with Gasteiger partial charge in [-0.15, -0.1) is 0 Å². The van der Waals surface area contributed by atoms with Gasteiger partial charge in [0, 0.05) is 44.2 Å². The van der Waals surface area contributed by atoms with Crippen LogP contribution >= 0.6 is 0 Å². The lowest BCUT2D eigenvalue weighted by Crippen LogP contribution is -2.52. The Hall–Kier alpha value is -1.34. The van der Waals surface area contributed by atoms with Gasteiger partial charge in [0.05, 0.1) is 19.8 Å². The predicted molar refractivity (Wildman–Crippen MR) is 105 cm³/mol. The van der Waals surface area contributed by atoms with Gasteiger partial charge in [-0.05, 0) is 33.6 Å². The van der Waals surface area contributed by atoms with Crippen LogP contribution in [-0.2, 0) is 9.53 Å². The summed E-state index contributed by atoms with van der Waals surface area (Å²) in [5.41, 5.74) is -0.00796. The topological polar surface area (TPSA) is 78.0 Å². The van der Waals surface area contributed by atoms with Gasteiger partial charge in [-0.2, -0.15) is 0 Å². The molecular weight excluding hydrogens is 330 g/mol. The van der Waals surface area contributed by atoms with Crippen molar-refractivity contribution in [3.8, 4) is 0 Å². The Morgan fingerprint density at radius 2 is 1.88 bits per heavy atom. The van der Waals surface area contributed by atoms with E-state index in [1.165, 1.54) is 12.8 Å². The maximum Gasteiger partial charge on any atom is 0.221 e. The molecule has 1 heterocycles. The van der Waals surface area contributed by atoms with E-state index in [-0.39, 0.29) is 11.4 Å². The third-order valence-electron chi connectivity index (χ3n) is 5.20. The molecule has 1 saturated heterocycles. The summed E-state index contributed by atoms with van der Waals surface area (Å²) in [4.78, 5) is 19.2. The second-order valence-electron chi connectivity index (χ2n) is 7.83. The average molecular weight is 368 g/mol. The molecule has 26 heavy (non-hydrogen) atoms. The van der Waals surface area contributed by atoms with E-state index in [2.05, 4.69) is 41.6 Å². The molecule has 150 valence electrons. The van der Waals surface area contributed by atoms with E-state index in [4.69, 9.17) is 9.73 Å². The van der Waals surface area contributed by atoms with Gasteiger partial charge in [0.15, 0.2) is 5.96 Å². The number of carbonyl (C=O) groups is 1. The van der Waals surface area contributed by atoms with Crippen LogP contribution < -0.4 is 16.0 Å². The van der Waals surface area contributed by atoms with E-state index in [1.54, 1.807) is 0 Å². The van der Waals surface area contributed by atoms with E-state index in [0.29, 0.717) is 25.6 Å². The monoisotopic (exact) mass is 367 g/mol. The van der Waals surface area contributed by atoms with Crippen LogP contribution in [0.15, 0.2) is 4.99 Å². The Balaban J connectivity index is 1.75. The third-order valence-corrected chi connectivity index (χ3v) is 5.20. The molecule has 0 aromatic heterocycles. The number of morpholine rings is 1. The van der Waals surface area contributed by atoms with Crippen LogP contribution in [0.1, 0.15) is 52.9 Å². The van der Waals surface area contributed by atoms with Crippen LogP contribution in [0.25, 0.3) is 0 Å². The Kier molecular flexibility index (Phi) is 8.65. The van der Waals surface area contributed by atoms with Crippen molar-refractivity contribution in [3.05, 3.63) is 0 Å². The lowest BCUT2D eigenvalue weighted by atomic mass is 10.0. The highest BCUT2D eigenvalue weighted by Crippen LogP contribution is 2.18.